The standard InChI is InChI=1S/C27H28F3N3O4/c28-27(29,30)23-6-1-2-13-32(23)14-17-7-9-18(10-8-17)16-37-22-5-3-4-19-20(22)15-33(26(19)36)21-11-12-24(34)31-25(21)35/h3-5,7-10,21,23H,1-2,6,11-16H2,(H,31,34,35). The number of likely N-dealkylation sites (tertiary alicyclic amines) is 1. The van der Waals surface area contributed by atoms with Crippen LogP contribution in [0.1, 0.15) is 59.2 Å². The Hall–Kier alpha value is -3.40. The minimum atomic E-state index is -4.22. The minimum absolute atomic E-state index is 0.139. The summed E-state index contributed by atoms with van der Waals surface area (Å²) in [6, 6.07) is 10.4. The van der Waals surface area contributed by atoms with E-state index in [1.165, 1.54) is 9.80 Å². The molecule has 37 heavy (non-hydrogen) atoms. The van der Waals surface area contributed by atoms with Crippen molar-refractivity contribution in [3.63, 3.8) is 0 Å². The molecule has 196 valence electrons. The Bertz CT molecular complexity index is 1200. The third kappa shape index (κ3) is 5.34. The summed E-state index contributed by atoms with van der Waals surface area (Å²) in [5, 5.41) is 2.29. The predicted octanol–water partition coefficient (Wildman–Crippen LogP) is 3.94. The topological polar surface area (TPSA) is 79.0 Å². The number of hydrogen-bond donors (Lipinski definition) is 1. The number of benzene rings is 2. The Morgan fingerprint density at radius 2 is 1.73 bits per heavy atom. The number of rotatable bonds is 6. The molecule has 0 spiro atoms. The Balaban J connectivity index is 1.22. The lowest BCUT2D eigenvalue weighted by Gasteiger charge is -2.36. The summed E-state index contributed by atoms with van der Waals surface area (Å²) in [6.07, 6.45) is -2.25. The van der Waals surface area contributed by atoms with Crippen LogP contribution >= 0.6 is 0 Å². The summed E-state index contributed by atoms with van der Waals surface area (Å²) in [6.45, 7) is 1.11. The molecule has 7 nitrogen and oxygen atoms in total. The van der Waals surface area contributed by atoms with Gasteiger partial charge < -0.3 is 9.64 Å². The van der Waals surface area contributed by atoms with E-state index in [1.54, 1.807) is 18.2 Å². The SMILES string of the molecule is O=C1CCC(N2Cc3c(OCc4ccc(CN5CCCCC5C(F)(F)F)cc4)cccc3C2=O)C(=O)N1. The largest absolute Gasteiger partial charge is 0.489 e. The van der Waals surface area contributed by atoms with Crippen LogP contribution in [0.2, 0.25) is 0 Å². The first-order valence-corrected chi connectivity index (χ1v) is 12.5. The van der Waals surface area contributed by atoms with Gasteiger partial charge in [0.2, 0.25) is 11.8 Å². The summed E-state index contributed by atoms with van der Waals surface area (Å²) in [5.41, 5.74) is 2.82. The molecule has 2 atom stereocenters. The molecule has 3 amide bonds. The number of nitrogens with zero attached hydrogens (tertiary/aromatic N) is 2. The molecule has 3 heterocycles. The van der Waals surface area contributed by atoms with Crippen molar-refractivity contribution >= 4 is 17.7 Å². The monoisotopic (exact) mass is 515 g/mol. The van der Waals surface area contributed by atoms with Crippen LogP contribution in [-0.2, 0) is 29.3 Å². The zero-order valence-electron chi connectivity index (χ0n) is 20.2. The molecular formula is C27H28F3N3O4. The van der Waals surface area contributed by atoms with Gasteiger partial charge in [-0.15, -0.1) is 0 Å². The second-order valence-corrected chi connectivity index (χ2v) is 9.81. The van der Waals surface area contributed by atoms with Crippen molar-refractivity contribution in [2.75, 3.05) is 6.54 Å². The average Bonchev–Trinajstić information content (AvgIpc) is 3.20. The smallest absolute Gasteiger partial charge is 0.404 e. The zero-order chi connectivity index (χ0) is 26.2. The van der Waals surface area contributed by atoms with Crippen molar-refractivity contribution in [3.8, 4) is 5.75 Å². The van der Waals surface area contributed by atoms with Gasteiger partial charge in [-0.2, -0.15) is 13.2 Å². The maximum atomic E-state index is 13.4. The van der Waals surface area contributed by atoms with Gasteiger partial charge in [-0.05, 0) is 49.1 Å². The zero-order valence-corrected chi connectivity index (χ0v) is 20.2. The molecule has 2 unspecified atom stereocenters. The number of carbonyl (C=O) groups excluding carboxylic acids is 3. The van der Waals surface area contributed by atoms with E-state index < -0.39 is 24.2 Å². The van der Waals surface area contributed by atoms with Crippen LogP contribution in [0.3, 0.4) is 0 Å². The van der Waals surface area contributed by atoms with E-state index in [9.17, 15) is 27.6 Å². The van der Waals surface area contributed by atoms with E-state index in [2.05, 4.69) is 5.32 Å². The number of halogens is 3. The number of nitrogens with one attached hydrogen (secondary N) is 1. The van der Waals surface area contributed by atoms with Crippen molar-refractivity contribution in [2.45, 2.75) is 70.1 Å². The Morgan fingerprint density at radius 3 is 2.46 bits per heavy atom. The number of ether oxygens (including phenoxy) is 1. The van der Waals surface area contributed by atoms with Gasteiger partial charge in [0, 0.05) is 24.1 Å². The van der Waals surface area contributed by atoms with Gasteiger partial charge in [-0.25, -0.2) is 0 Å². The van der Waals surface area contributed by atoms with E-state index in [-0.39, 0.29) is 50.8 Å². The first kappa shape index (κ1) is 25.3. The average molecular weight is 516 g/mol. The first-order chi connectivity index (χ1) is 17.7. The molecule has 0 aliphatic carbocycles. The second-order valence-electron chi connectivity index (χ2n) is 9.81. The number of fused-ring (bicyclic) bond motifs is 1. The molecule has 2 saturated heterocycles. The number of amides is 3. The minimum Gasteiger partial charge on any atom is -0.489 e. The van der Waals surface area contributed by atoms with Gasteiger partial charge in [0.25, 0.3) is 5.91 Å². The maximum Gasteiger partial charge on any atom is 0.404 e. The molecule has 10 heteroatoms. The van der Waals surface area contributed by atoms with E-state index in [0.717, 1.165) is 17.5 Å². The van der Waals surface area contributed by atoms with E-state index >= 15 is 0 Å². The van der Waals surface area contributed by atoms with E-state index in [0.29, 0.717) is 29.8 Å². The van der Waals surface area contributed by atoms with E-state index in [1.807, 2.05) is 24.3 Å². The molecule has 2 fully saturated rings. The van der Waals surface area contributed by atoms with Gasteiger partial charge in [0.05, 0.1) is 6.54 Å². The highest BCUT2D eigenvalue weighted by molar-refractivity contribution is 6.05. The molecule has 5 rings (SSSR count). The third-order valence-corrected chi connectivity index (χ3v) is 7.33. The predicted molar refractivity (Wildman–Crippen MR) is 127 cm³/mol. The fraction of sp³-hybridized carbons (Fsp3) is 0.444. The van der Waals surface area contributed by atoms with Crippen molar-refractivity contribution in [3.05, 3.63) is 64.7 Å². The lowest BCUT2D eigenvalue weighted by Crippen LogP contribution is -2.52. The molecule has 2 aromatic rings. The van der Waals surface area contributed by atoms with Gasteiger partial charge >= 0.3 is 6.18 Å². The van der Waals surface area contributed by atoms with Crippen molar-refractivity contribution in [1.82, 2.24) is 15.1 Å². The van der Waals surface area contributed by atoms with Crippen molar-refractivity contribution in [1.29, 1.82) is 0 Å². The first-order valence-electron chi connectivity index (χ1n) is 12.5. The Kier molecular flexibility index (Phi) is 6.94. The van der Waals surface area contributed by atoms with E-state index in [4.69, 9.17) is 4.74 Å². The van der Waals surface area contributed by atoms with Crippen LogP contribution in [-0.4, -0.2) is 52.3 Å². The number of alkyl halides is 3. The van der Waals surface area contributed by atoms with Crippen molar-refractivity contribution in [2.24, 2.45) is 0 Å². The summed E-state index contributed by atoms with van der Waals surface area (Å²) in [7, 11) is 0. The summed E-state index contributed by atoms with van der Waals surface area (Å²) in [4.78, 5) is 39.7. The lowest BCUT2D eigenvalue weighted by molar-refractivity contribution is -0.192. The Morgan fingerprint density at radius 1 is 0.973 bits per heavy atom. The summed E-state index contributed by atoms with van der Waals surface area (Å²) >= 11 is 0. The van der Waals surface area contributed by atoms with Gasteiger partial charge in [0.1, 0.15) is 24.4 Å². The molecule has 3 aliphatic heterocycles. The normalized spacial score (nSPS) is 22.7. The van der Waals surface area contributed by atoms with Gasteiger partial charge in [-0.3, -0.25) is 24.6 Å². The molecule has 0 saturated carbocycles. The molecule has 1 N–H and O–H groups in total. The highest BCUT2D eigenvalue weighted by Gasteiger charge is 2.44. The molecule has 0 bridgehead atoms. The molecular weight excluding hydrogens is 487 g/mol. The highest BCUT2D eigenvalue weighted by Crippen LogP contribution is 2.35. The molecule has 0 radical (unpaired) electrons. The number of hydrogen-bond acceptors (Lipinski definition) is 5. The lowest BCUT2D eigenvalue weighted by atomic mass is 10.0. The third-order valence-electron chi connectivity index (χ3n) is 7.33. The van der Waals surface area contributed by atoms with Crippen LogP contribution < -0.4 is 10.1 Å². The number of piperidine rings is 2. The summed E-state index contributed by atoms with van der Waals surface area (Å²) < 4.78 is 46.2. The number of carbonyl (C=O) groups is 3. The summed E-state index contributed by atoms with van der Waals surface area (Å²) in [5.74, 6) is -0.539. The molecule has 3 aliphatic rings. The van der Waals surface area contributed by atoms with Crippen LogP contribution in [0, 0.1) is 0 Å². The fourth-order valence-electron chi connectivity index (χ4n) is 5.38. The van der Waals surface area contributed by atoms with Crippen molar-refractivity contribution < 1.29 is 32.3 Å². The maximum absolute atomic E-state index is 13.4. The van der Waals surface area contributed by atoms with Crippen LogP contribution in [0.25, 0.3) is 0 Å². The fourth-order valence-corrected chi connectivity index (χ4v) is 5.38. The van der Waals surface area contributed by atoms with Crippen LogP contribution in [0.4, 0.5) is 13.2 Å². The Labute approximate surface area is 212 Å². The second kappa shape index (κ2) is 10.2. The van der Waals surface area contributed by atoms with Gasteiger partial charge in [-0.1, -0.05) is 36.8 Å². The quantitative estimate of drug-likeness (QED) is 0.590. The van der Waals surface area contributed by atoms with Gasteiger partial charge in [0.15, 0.2) is 0 Å². The van der Waals surface area contributed by atoms with Crippen LogP contribution in [0.15, 0.2) is 42.5 Å². The number of imide groups is 1. The van der Waals surface area contributed by atoms with Crippen LogP contribution in [0.5, 0.6) is 5.75 Å². The molecule has 0 aromatic heterocycles. The molecule has 2 aromatic carbocycles. The highest BCUT2D eigenvalue weighted by atomic mass is 19.4.